The third kappa shape index (κ3) is 5.39. The van der Waals surface area contributed by atoms with Gasteiger partial charge in [-0.3, -0.25) is 9.59 Å². The number of nitrogens with one attached hydrogen (secondary N) is 1. The molecule has 29 heavy (non-hydrogen) atoms. The average Bonchev–Trinajstić information content (AvgIpc) is 2.69. The molecule has 2 aromatic rings. The van der Waals surface area contributed by atoms with Gasteiger partial charge in [-0.2, -0.15) is 0 Å². The predicted molar refractivity (Wildman–Crippen MR) is 114 cm³/mol. The lowest BCUT2D eigenvalue weighted by Gasteiger charge is -2.44. The van der Waals surface area contributed by atoms with Gasteiger partial charge in [-0.05, 0) is 62.2 Å². The number of carboxylic acids is 1. The molecule has 1 fully saturated rings. The van der Waals surface area contributed by atoms with Crippen molar-refractivity contribution in [2.24, 2.45) is 0 Å². The molecule has 0 saturated carbocycles. The van der Waals surface area contributed by atoms with Crippen LogP contribution in [0.2, 0.25) is 0 Å². The van der Waals surface area contributed by atoms with E-state index in [2.05, 4.69) is 45.5 Å². The number of nitrogens with zero attached hydrogens (tertiary/aromatic N) is 3. The average molecular weight is 416 g/mol. The maximum atomic E-state index is 11.9. The number of rotatable bonds is 6. The van der Waals surface area contributed by atoms with Crippen molar-refractivity contribution < 1.29 is 14.7 Å². The van der Waals surface area contributed by atoms with Gasteiger partial charge in [0.15, 0.2) is 0 Å². The Kier molecular flexibility index (Phi) is 6.60. The minimum absolute atomic E-state index is 0.199. The van der Waals surface area contributed by atoms with Crippen LogP contribution in [0.25, 0.3) is 0 Å². The van der Waals surface area contributed by atoms with Crippen molar-refractivity contribution >= 4 is 35.2 Å². The summed E-state index contributed by atoms with van der Waals surface area (Å²) in [7, 11) is 0. The molecule has 1 aromatic carbocycles. The molecule has 0 spiro atoms. The van der Waals surface area contributed by atoms with Gasteiger partial charge in [-0.25, -0.2) is 9.29 Å². The van der Waals surface area contributed by atoms with Crippen LogP contribution >= 0.6 is 11.9 Å². The van der Waals surface area contributed by atoms with Crippen LogP contribution in [0.3, 0.4) is 0 Å². The molecule has 9 heteroatoms. The van der Waals surface area contributed by atoms with Crippen LogP contribution in [0, 0.1) is 0 Å². The second-order valence-electron chi connectivity index (χ2n) is 7.10. The topological polar surface area (TPSA) is 112 Å². The zero-order valence-electron chi connectivity index (χ0n) is 16.4. The molecule has 0 aliphatic carbocycles. The van der Waals surface area contributed by atoms with E-state index in [9.17, 15) is 9.59 Å². The van der Waals surface area contributed by atoms with Crippen LogP contribution in [-0.2, 0) is 4.79 Å². The summed E-state index contributed by atoms with van der Waals surface area (Å²) in [5.41, 5.74) is 7.92. The molecule has 0 bridgehead atoms. The third-order valence-electron chi connectivity index (χ3n) is 4.68. The van der Waals surface area contributed by atoms with Crippen molar-refractivity contribution in [1.29, 1.82) is 0 Å². The number of carbonyl (C=O) groups is 2. The number of nitrogen functional groups attached to an aromatic ring is 1. The van der Waals surface area contributed by atoms with E-state index in [1.807, 2.05) is 18.2 Å². The van der Waals surface area contributed by atoms with Crippen molar-refractivity contribution in [2.75, 3.05) is 30.3 Å². The van der Waals surface area contributed by atoms with E-state index < -0.39 is 18.4 Å². The quantitative estimate of drug-likeness (QED) is 0.486. The molecule has 1 aliphatic heterocycles. The smallest absolute Gasteiger partial charge is 0.322 e. The molecule has 2 atom stereocenters. The zero-order chi connectivity index (χ0) is 21.0. The highest BCUT2D eigenvalue weighted by Crippen LogP contribution is 2.32. The number of piperazine rings is 1. The highest BCUT2D eigenvalue weighted by Gasteiger charge is 2.30. The van der Waals surface area contributed by atoms with E-state index in [1.165, 1.54) is 5.69 Å². The van der Waals surface area contributed by atoms with E-state index in [0.29, 0.717) is 12.1 Å². The molecule has 1 saturated heterocycles. The molecule has 0 radical (unpaired) electrons. The summed E-state index contributed by atoms with van der Waals surface area (Å²) in [5, 5.41) is 10.9. The maximum absolute atomic E-state index is 11.9. The third-order valence-corrected chi connectivity index (χ3v) is 6.06. The van der Waals surface area contributed by atoms with Gasteiger partial charge in [0.25, 0.3) is 5.91 Å². The molecular weight excluding hydrogens is 390 g/mol. The second kappa shape index (κ2) is 9.15. The first-order valence-electron chi connectivity index (χ1n) is 9.36. The van der Waals surface area contributed by atoms with Crippen molar-refractivity contribution in [3.05, 3.63) is 48.3 Å². The first-order valence-corrected chi connectivity index (χ1v) is 10.1. The Morgan fingerprint density at radius 1 is 1.17 bits per heavy atom. The standard InChI is InChI=1S/C20H25N5O3S/c1-13-11-24(16-5-3-15(21)4-6-16)12-14(2)25(13)29-17-7-8-18(22-9-17)20(28)23-10-19(26)27/h3-9,13-14H,10-12,21H2,1-2H3,(H,23,28)(H,26,27). The van der Waals surface area contributed by atoms with Crippen LogP contribution in [0.5, 0.6) is 0 Å². The summed E-state index contributed by atoms with van der Waals surface area (Å²) in [4.78, 5) is 29.9. The summed E-state index contributed by atoms with van der Waals surface area (Å²) < 4.78 is 2.34. The normalized spacial score (nSPS) is 19.7. The molecule has 1 aliphatic rings. The summed E-state index contributed by atoms with van der Waals surface area (Å²) in [5.74, 6) is -1.59. The Balaban J connectivity index is 1.61. The van der Waals surface area contributed by atoms with Crippen LogP contribution in [-0.4, -0.2) is 58.0 Å². The van der Waals surface area contributed by atoms with E-state index >= 15 is 0 Å². The second-order valence-corrected chi connectivity index (χ2v) is 8.18. The Bertz CT molecular complexity index is 847. The SMILES string of the molecule is CC1CN(c2ccc(N)cc2)CC(C)N1Sc1ccc(C(=O)NCC(=O)O)nc1. The van der Waals surface area contributed by atoms with Gasteiger partial charge in [-0.1, -0.05) is 0 Å². The number of nitrogens with two attached hydrogens (primary N) is 1. The van der Waals surface area contributed by atoms with Gasteiger partial charge in [0, 0.05) is 47.6 Å². The van der Waals surface area contributed by atoms with Crippen LogP contribution in [0.1, 0.15) is 24.3 Å². The lowest BCUT2D eigenvalue weighted by atomic mass is 10.1. The van der Waals surface area contributed by atoms with Gasteiger partial charge < -0.3 is 21.1 Å². The van der Waals surface area contributed by atoms with Crippen molar-refractivity contribution in [3.8, 4) is 0 Å². The Morgan fingerprint density at radius 2 is 1.83 bits per heavy atom. The van der Waals surface area contributed by atoms with Gasteiger partial charge in [0.2, 0.25) is 0 Å². The number of carbonyl (C=O) groups excluding carboxylic acids is 1. The van der Waals surface area contributed by atoms with Gasteiger partial charge in [0.1, 0.15) is 12.2 Å². The first kappa shape index (κ1) is 20.9. The Morgan fingerprint density at radius 3 is 2.38 bits per heavy atom. The molecule has 2 heterocycles. The summed E-state index contributed by atoms with van der Waals surface area (Å²) >= 11 is 1.62. The number of aromatic nitrogens is 1. The van der Waals surface area contributed by atoms with E-state index in [0.717, 1.165) is 23.7 Å². The number of aliphatic carboxylic acids is 1. The zero-order valence-corrected chi connectivity index (χ0v) is 17.2. The summed E-state index contributed by atoms with van der Waals surface area (Å²) in [6.07, 6.45) is 1.64. The van der Waals surface area contributed by atoms with E-state index in [-0.39, 0.29) is 5.69 Å². The Labute approximate surface area is 174 Å². The molecule has 1 amide bonds. The number of amides is 1. The molecule has 2 unspecified atom stereocenters. The first-order chi connectivity index (χ1) is 13.8. The van der Waals surface area contributed by atoms with E-state index in [1.54, 1.807) is 24.2 Å². The van der Waals surface area contributed by atoms with Crippen LogP contribution in [0.15, 0.2) is 47.5 Å². The van der Waals surface area contributed by atoms with E-state index in [4.69, 9.17) is 10.8 Å². The number of benzene rings is 1. The monoisotopic (exact) mass is 415 g/mol. The minimum Gasteiger partial charge on any atom is -0.480 e. The number of anilines is 2. The van der Waals surface area contributed by atoms with Crippen molar-refractivity contribution in [2.45, 2.75) is 30.8 Å². The molecule has 1 aromatic heterocycles. The maximum Gasteiger partial charge on any atom is 0.322 e. The van der Waals surface area contributed by atoms with Gasteiger partial charge >= 0.3 is 5.97 Å². The largest absolute Gasteiger partial charge is 0.480 e. The number of hydrogen-bond acceptors (Lipinski definition) is 7. The fraction of sp³-hybridized carbons (Fsp3) is 0.350. The minimum atomic E-state index is -1.09. The highest BCUT2D eigenvalue weighted by atomic mass is 32.2. The number of carboxylic acid groups (broad SMARTS) is 1. The van der Waals surface area contributed by atoms with Crippen LogP contribution < -0.4 is 16.0 Å². The molecule has 4 N–H and O–H groups in total. The number of pyridine rings is 1. The fourth-order valence-electron chi connectivity index (χ4n) is 3.32. The predicted octanol–water partition coefficient (Wildman–Crippen LogP) is 2.08. The van der Waals surface area contributed by atoms with Crippen molar-refractivity contribution in [3.63, 3.8) is 0 Å². The van der Waals surface area contributed by atoms with Crippen molar-refractivity contribution in [1.82, 2.24) is 14.6 Å². The molecule has 3 rings (SSSR count). The molecular formula is C20H25N5O3S. The van der Waals surface area contributed by atoms with Gasteiger partial charge in [0.05, 0.1) is 0 Å². The summed E-state index contributed by atoms with van der Waals surface area (Å²) in [6, 6.07) is 12.0. The lowest BCUT2D eigenvalue weighted by Crippen LogP contribution is -2.53. The lowest BCUT2D eigenvalue weighted by molar-refractivity contribution is -0.135. The Hall–Kier alpha value is -2.78. The highest BCUT2D eigenvalue weighted by molar-refractivity contribution is 7.97. The number of hydrogen-bond donors (Lipinski definition) is 3. The molecule has 8 nitrogen and oxygen atoms in total. The molecule has 154 valence electrons. The van der Waals surface area contributed by atoms with Crippen LogP contribution in [0.4, 0.5) is 11.4 Å². The summed E-state index contributed by atoms with van der Waals surface area (Å²) in [6.45, 7) is 5.74. The fourth-order valence-corrected chi connectivity index (χ4v) is 4.29. The van der Waals surface area contributed by atoms with Gasteiger partial charge in [-0.15, -0.1) is 0 Å².